The summed E-state index contributed by atoms with van der Waals surface area (Å²) in [5.41, 5.74) is 4.94. The standard InChI is InChI=1S/C26H32N8OS/c1-18(20-9-6-5-7-10-20)16-27-24-30-25(29-21-11-12-22-23(15-21)36-17-28-22)32-26(31-24)34(4)14-8-13-33(3)19(2)35/h5-7,9-12,15,17-18H,8,13-14,16H2,1-4H3,(H2,27,29,30,31,32). The van der Waals surface area contributed by atoms with Crippen molar-refractivity contribution in [3.8, 4) is 0 Å². The van der Waals surface area contributed by atoms with E-state index in [0.29, 0.717) is 37.5 Å². The van der Waals surface area contributed by atoms with Gasteiger partial charge in [-0.05, 0) is 36.1 Å². The molecule has 2 aromatic carbocycles. The van der Waals surface area contributed by atoms with Crippen LogP contribution >= 0.6 is 11.3 Å². The molecule has 0 aliphatic carbocycles. The summed E-state index contributed by atoms with van der Waals surface area (Å²) in [6.45, 7) is 5.81. The van der Waals surface area contributed by atoms with E-state index in [2.05, 4.69) is 49.6 Å². The number of rotatable bonds is 11. The molecule has 1 unspecified atom stereocenters. The third-order valence-electron chi connectivity index (χ3n) is 6.01. The van der Waals surface area contributed by atoms with Crippen molar-refractivity contribution in [1.29, 1.82) is 0 Å². The highest BCUT2D eigenvalue weighted by molar-refractivity contribution is 7.16. The van der Waals surface area contributed by atoms with Gasteiger partial charge in [0, 0.05) is 46.3 Å². The van der Waals surface area contributed by atoms with E-state index in [1.165, 1.54) is 5.56 Å². The lowest BCUT2D eigenvalue weighted by Gasteiger charge is -2.21. The van der Waals surface area contributed by atoms with E-state index in [9.17, 15) is 4.79 Å². The van der Waals surface area contributed by atoms with Crippen LogP contribution in [-0.4, -0.2) is 64.5 Å². The Morgan fingerprint density at radius 3 is 2.58 bits per heavy atom. The van der Waals surface area contributed by atoms with Crippen molar-refractivity contribution in [1.82, 2.24) is 24.8 Å². The summed E-state index contributed by atoms with van der Waals surface area (Å²) in [7, 11) is 3.76. The zero-order chi connectivity index (χ0) is 25.5. The molecule has 0 radical (unpaired) electrons. The predicted octanol–water partition coefficient (Wildman–Crippen LogP) is 4.75. The summed E-state index contributed by atoms with van der Waals surface area (Å²) in [4.78, 5) is 33.5. The Kier molecular flexibility index (Phi) is 8.27. The first-order chi connectivity index (χ1) is 17.4. The third-order valence-corrected chi connectivity index (χ3v) is 6.80. The Bertz CT molecular complexity index is 1300. The monoisotopic (exact) mass is 504 g/mol. The van der Waals surface area contributed by atoms with Gasteiger partial charge < -0.3 is 20.4 Å². The number of amides is 1. The molecule has 36 heavy (non-hydrogen) atoms. The van der Waals surface area contributed by atoms with Crippen LogP contribution in [0.4, 0.5) is 23.5 Å². The van der Waals surface area contributed by atoms with E-state index < -0.39 is 0 Å². The van der Waals surface area contributed by atoms with Gasteiger partial charge in [-0.15, -0.1) is 11.3 Å². The molecule has 0 saturated carbocycles. The largest absolute Gasteiger partial charge is 0.353 e. The van der Waals surface area contributed by atoms with E-state index in [0.717, 1.165) is 22.3 Å². The van der Waals surface area contributed by atoms with Crippen molar-refractivity contribution in [2.24, 2.45) is 0 Å². The van der Waals surface area contributed by atoms with E-state index in [1.807, 2.05) is 60.9 Å². The number of nitrogens with zero attached hydrogens (tertiary/aromatic N) is 6. The molecule has 2 heterocycles. The van der Waals surface area contributed by atoms with E-state index in [4.69, 9.17) is 0 Å². The molecule has 1 atom stereocenters. The van der Waals surface area contributed by atoms with Gasteiger partial charge in [0.05, 0.1) is 15.7 Å². The minimum absolute atomic E-state index is 0.0567. The number of anilines is 4. The topological polar surface area (TPSA) is 99.2 Å². The number of hydrogen-bond donors (Lipinski definition) is 2. The predicted molar refractivity (Wildman–Crippen MR) is 147 cm³/mol. The van der Waals surface area contributed by atoms with Gasteiger partial charge in [-0.3, -0.25) is 4.79 Å². The fourth-order valence-electron chi connectivity index (χ4n) is 3.68. The molecular weight excluding hydrogens is 472 g/mol. The molecule has 188 valence electrons. The second-order valence-corrected chi connectivity index (χ2v) is 9.74. The molecule has 0 bridgehead atoms. The molecule has 10 heteroatoms. The second kappa shape index (κ2) is 11.8. The smallest absolute Gasteiger partial charge is 0.233 e. The Morgan fingerprint density at radius 2 is 1.81 bits per heavy atom. The number of carbonyl (C=O) groups excluding carboxylic acids is 1. The number of aromatic nitrogens is 4. The average Bonchev–Trinajstić information content (AvgIpc) is 3.35. The van der Waals surface area contributed by atoms with Gasteiger partial charge in [-0.2, -0.15) is 15.0 Å². The van der Waals surface area contributed by atoms with Crippen molar-refractivity contribution >= 4 is 51.0 Å². The Hall–Kier alpha value is -3.79. The highest BCUT2D eigenvalue weighted by Crippen LogP contribution is 2.24. The zero-order valence-electron chi connectivity index (χ0n) is 21.1. The van der Waals surface area contributed by atoms with Gasteiger partial charge in [-0.1, -0.05) is 37.3 Å². The quantitative estimate of drug-likeness (QED) is 0.302. The summed E-state index contributed by atoms with van der Waals surface area (Å²) in [5.74, 6) is 1.88. The lowest BCUT2D eigenvalue weighted by Crippen LogP contribution is -2.29. The molecule has 2 aromatic heterocycles. The summed E-state index contributed by atoms with van der Waals surface area (Å²) in [6, 6.07) is 16.4. The van der Waals surface area contributed by atoms with Crippen molar-refractivity contribution in [2.75, 3.05) is 49.3 Å². The average molecular weight is 505 g/mol. The highest BCUT2D eigenvalue weighted by Gasteiger charge is 2.13. The Balaban J connectivity index is 1.51. The fourth-order valence-corrected chi connectivity index (χ4v) is 4.40. The van der Waals surface area contributed by atoms with E-state index in [1.54, 1.807) is 23.2 Å². The van der Waals surface area contributed by atoms with Crippen LogP contribution in [0.2, 0.25) is 0 Å². The summed E-state index contributed by atoms with van der Waals surface area (Å²) >= 11 is 1.59. The number of benzene rings is 2. The van der Waals surface area contributed by atoms with Crippen LogP contribution in [0.3, 0.4) is 0 Å². The Morgan fingerprint density at radius 1 is 1.03 bits per heavy atom. The Labute approximate surface area is 215 Å². The minimum atomic E-state index is 0.0567. The number of carbonyl (C=O) groups is 1. The van der Waals surface area contributed by atoms with Crippen LogP contribution in [0.25, 0.3) is 10.2 Å². The molecule has 2 N–H and O–H groups in total. The van der Waals surface area contributed by atoms with Crippen LogP contribution in [0.5, 0.6) is 0 Å². The normalized spacial score (nSPS) is 11.8. The van der Waals surface area contributed by atoms with Gasteiger partial charge in [-0.25, -0.2) is 4.98 Å². The van der Waals surface area contributed by atoms with Crippen molar-refractivity contribution < 1.29 is 4.79 Å². The van der Waals surface area contributed by atoms with Gasteiger partial charge in [0.1, 0.15) is 0 Å². The van der Waals surface area contributed by atoms with Crippen LogP contribution in [-0.2, 0) is 4.79 Å². The van der Waals surface area contributed by atoms with Crippen LogP contribution < -0.4 is 15.5 Å². The van der Waals surface area contributed by atoms with Gasteiger partial charge in [0.25, 0.3) is 0 Å². The number of hydrogen-bond acceptors (Lipinski definition) is 9. The van der Waals surface area contributed by atoms with Crippen molar-refractivity contribution in [3.63, 3.8) is 0 Å². The van der Waals surface area contributed by atoms with E-state index >= 15 is 0 Å². The first kappa shape index (κ1) is 25.3. The molecule has 1 amide bonds. The molecule has 4 rings (SSSR count). The van der Waals surface area contributed by atoms with E-state index in [-0.39, 0.29) is 11.8 Å². The summed E-state index contributed by atoms with van der Waals surface area (Å²) in [5, 5.41) is 6.72. The number of nitrogens with one attached hydrogen (secondary N) is 2. The summed E-state index contributed by atoms with van der Waals surface area (Å²) < 4.78 is 1.09. The third kappa shape index (κ3) is 6.66. The maximum Gasteiger partial charge on any atom is 0.233 e. The maximum absolute atomic E-state index is 11.5. The van der Waals surface area contributed by atoms with Crippen molar-refractivity contribution in [3.05, 3.63) is 59.6 Å². The first-order valence-corrected chi connectivity index (χ1v) is 12.8. The van der Waals surface area contributed by atoms with Gasteiger partial charge in [0.2, 0.25) is 23.8 Å². The van der Waals surface area contributed by atoms with Gasteiger partial charge in [0.15, 0.2) is 0 Å². The molecule has 4 aromatic rings. The van der Waals surface area contributed by atoms with Crippen LogP contribution in [0.15, 0.2) is 54.0 Å². The lowest BCUT2D eigenvalue weighted by atomic mass is 10.0. The van der Waals surface area contributed by atoms with Crippen LogP contribution in [0.1, 0.15) is 31.7 Å². The van der Waals surface area contributed by atoms with Gasteiger partial charge >= 0.3 is 0 Å². The van der Waals surface area contributed by atoms with Crippen molar-refractivity contribution in [2.45, 2.75) is 26.2 Å². The maximum atomic E-state index is 11.5. The number of thiazole rings is 1. The zero-order valence-corrected chi connectivity index (χ0v) is 21.9. The van der Waals surface area contributed by atoms with Crippen LogP contribution in [0, 0.1) is 0 Å². The minimum Gasteiger partial charge on any atom is -0.353 e. The fraction of sp³-hybridized carbons (Fsp3) is 0.346. The SMILES string of the molecule is CC(=O)N(C)CCCN(C)c1nc(NCC(C)c2ccccc2)nc(Nc2ccc3ncsc3c2)n1. The molecule has 0 saturated heterocycles. The summed E-state index contributed by atoms with van der Waals surface area (Å²) in [6.07, 6.45) is 0.802. The molecule has 0 aliphatic rings. The molecule has 0 spiro atoms. The molecule has 0 fully saturated rings. The highest BCUT2D eigenvalue weighted by atomic mass is 32.1. The molecular formula is C26H32N8OS. The second-order valence-electron chi connectivity index (χ2n) is 8.85. The molecule has 0 aliphatic heterocycles. The number of fused-ring (bicyclic) bond motifs is 1. The first-order valence-electron chi connectivity index (χ1n) is 12.0. The molecule has 9 nitrogen and oxygen atoms in total. The lowest BCUT2D eigenvalue weighted by molar-refractivity contribution is -0.127.